The van der Waals surface area contributed by atoms with Gasteiger partial charge in [0.15, 0.2) is 0 Å². The van der Waals surface area contributed by atoms with Crippen molar-refractivity contribution in [3.8, 4) is 0 Å². The van der Waals surface area contributed by atoms with E-state index in [2.05, 4.69) is 14.6 Å². The summed E-state index contributed by atoms with van der Waals surface area (Å²) in [5, 5.41) is 0.137. The number of pyridine rings is 1. The summed E-state index contributed by atoms with van der Waals surface area (Å²) in [6, 6.07) is 1.91. The fourth-order valence-electron chi connectivity index (χ4n) is 1.72. The normalized spacial score (nSPS) is 15.9. The zero-order valence-corrected chi connectivity index (χ0v) is 12.2. The third-order valence-corrected chi connectivity index (χ3v) is 4.81. The fourth-order valence-corrected chi connectivity index (χ4v) is 2.94. The van der Waals surface area contributed by atoms with Gasteiger partial charge >= 0.3 is 0 Å². The van der Waals surface area contributed by atoms with E-state index in [-0.39, 0.29) is 15.7 Å². The van der Waals surface area contributed by atoms with Crippen LogP contribution in [-0.2, 0) is 10.0 Å². The second-order valence-corrected chi connectivity index (χ2v) is 6.82. The van der Waals surface area contributed by atoms with E-state index in [1.54, 1.807) is 0 Å². The molecule has 1 aromatic heterocycles. The molecule has 106 valence electrons. The Morgan fingerprint density at radius 3 is 2.84 bits per heavy atom. The molecule has 1 aliphatic carbocycles. The lowest BCUT2D eigenvalue weighted by Gasteiger charge is -2.15. The van der Waals surface area contributed by atoms with Crippen molar-refractivity contribution < 1.29 is 8.42 Å². The first-order valence-electron chi connectivity index (χ1n) is 6.01. The predicted molar refractivity (Wildman–Crippen MR) is 74.5 cm³/mol. The van der Waals surface area contributed by atoms with E-state index >= 15 is 0 Å². The van der Waals surface area contributed by atoms with E-state index in [1.165, 1.54) is 25.1 Å². The van der Waals surface area contributed by atoms with Crippen LogP contribution in [0.3, 0.4) is 0 Å². The van der Waals surface area contributed by atoms with Gasteiger partial charge in [-0.3, -0.25) is 0 Å². The quantitative estimate of drug-likeness (QED) is 0.807. The predicted octanol–water partition coefficient (Wildman–Crippen LogP) is 0.690. The minimum Gasteiger partial charge on any atom is -0.382 e. The first-order valence-corrected chi connectivity index (χ1v) is 7.87. The van der Waals surface area contributed by atoms with Gasteiger partial charge in [-0.05, 0) is 26.0 Å². The molecular weight excluding hydrogens is 288 g/mol. The van der Waals surface area contributed by atoms with Gasteiger partial charge < -0.3 is 10.6 Å². The second-order valence-electron chi connectivity index (χ2n) is 4.65. The molecule has 0 saturated heterocycles. The van der Waals surface area contributed by atoms with Crippen LogP contribution < -0.4 is 10.5 Å². The van der Waals surface area contributed by atoms with Gasteiger partial charge in [-0.1, -0.05) is 11.6 Å². The molecule has 1 aliphatic rings. The van der Waals surface area contributed by atoms with Crippen molar-refractivity contribution in [2.75, 3.05) is 25.9 Å². The monoisotopic (exact) mass is 304 g/mol. The molecule has 0 amide bonds. The van der Waals surface area contributed by atoms with E-state index in [0.717, 1.165) is 0 Å². The van der Waals surface area contributed by atoms with Crippen LogP contribution in [0.25, 0.3) is 0 Å². The van der Waals surface area contributed by atoms with Crippen LogP contribution in [0.15, 0.2) is 17.2 Å². The zero-order valence-electron chi connectivity index (χ0n) is 10.6. The van der Waals surface area contributed by atoms with Gasteiger partial charge in [0.05, 0.1) is 5.02 Å². The zero-order chi connectivity index (χ0) is 14.0. The number of aromatic nitrogens is 1. The highest BCUT2D eigenvalue weighted by Gasteiger charge is 2.26. The van der Waals surface area contributed by atoms with Crippen LogP contribution in [0.5, 0.6) is 0 Å². The maximum atomic E-state index is 12.0. The minimum absolute atomic E-state index is 0.0285. The van der Waals surface area contributed by atoms with Crippen molar-refractivity contribution in [1.29, 1.82) is 0 Å². The van der Waals surface area contributed by atoms with Crippen LogP contribution in [0.4, 0.5) is 5.82 Å². The topological polar surface area (TPSA) is 88.3 Å². The molecule has 0 atom stereocenters. The first-order chi connectivity index (χ1) is 8.90. The number of likely N-dealkylation sites (N-methyl/N-ethyl adjacent to an activating group) is 1. The molecule has 6 nitrogen and oxygen atoms in total. The maximum absolute atomic E-state index is 12.0. The van der Waals surface area contributed by atoms with Crippen molar-refractivity contribution in [1.82, 2.24) is 14.6 Å². The van der Waals surface area contributed by atoms with Crippen LogP contribution in [0.2, 0.25) is 5.02 Å². The van der Waals surface area contributed by atoms with Gasteiger partial charge in [0, 0.05) is 25.3 Å². The molecule has 0 aliphatic heterocycles. The number of nitrogen functional groups attached to an aromatic ring is 1. The molecule has 0 unspecified atom stereocenters. The standard InChI is InChI=1S/C11H17ClN4O2S/c1-16(8-2-3-8)5-4-15-19(17,18)9-6-10(12)11(13)14-7-9/h6-8,15H,2-5H2,1H3,(H2,13,14). The van der Waals surface area contributed by atoms with Gasteiger partial charge in [0.2, 0.25) is 10.0 Å². The fraction of sp³-hybridized carbons (Fsp3) is 0.545. The lowest BCUT2D eigenvalue weighted by molar-refractivity contribution is 0.329. The molecule has 3 N–H and O–H groups in total. The maximum Gasteiger partial charge on any atom is 0.242 e. The number of halogens is 1. The molecule has 19 heavy (non-hydrogen) atoms. The molecule has 0 bridgehead atoms. The Hall–Kier alpha value is -0.890. The number of hydrogen-bond acceptors (Lipinski definition) is 5. The van der Waals surface area contributed by atoms with Gasteiger partial charge in [0.1, 0.15) is 10.7 Å². The number of nitrogens with two attached hydrogens (primary N) is 1. The summed E-state index contributed by atoms with van der Waals surface area (Å²) in [6.45, 7) is 1.04. The highest BCUT2D eigenvalue weighted by atomic mass is 35.5. The Balaban J connectivity index is 1.95. The summed E-state index contributed by atoms with van der Waals surface area (Å²) >= 11 is 5.77. The molecule has 2 rings (SSSR count). The summed E-state index contributed by atoms with van der Waals surface area (Å²) < 4.78 is 26.5. The van der Waals surface area contributed by atoms with Crippen LogP contribution in [-0.4, -0.2) is 44.5 Å². The number of hydrogen-bond donors (Lipinski definition) is 2. The Morgan fingerprint density at radius 2 is 2.26 bits per heavy atom. The van der Waals surface area contributed by atoms with Crippen molar-refractivity contribution in [2.45, 2.75) is 23.8 Å². The summed E-state index contributed by atoms with van der Waals surface area (Å²) in [6.07, 6.45) is 3.59. The van der Waals surface area contributed by atoms with Crippen LogP contribution in [0, 0.1) is 0 Å². The van der Waals surface area contributed by atoms with Gasteiger partial charge in [-0.15, -0.1) is 0 Å². The van der Waals surface area contributed by atoms with Crippen molar-refractivity contribution in [2.24, 2.45) is 0 Å². The van der Waals surface area contributed by atoms with Gasteiger partial charge in [-0.25, -0.2) is 18.1 Å². The molecule has 1 heterocycles. The van der Waals surface area contributed by atoms with Crippen LogP contribution >= 0.6 is 11.6 Å². The third-order valence-electron chi connectivity index (χ3n) is 3.08. The molecule has 8 heteroatoms. The van der Waals surface area contributed by atoms with E-state index in [0.29, 0.717) is 19.1 Å². The molecule has 1 fully saturated rings. The number of sulfonamides is 1. The van der Waals surface area contributed by atoms with Crippen molar-refractivity contribution in [3.63, 3.8) is 0 Å². The molecule has 1 saturated carbocycles. The van der Waals surface area contributed by atoms with E-state index in [1.807, 2.05) is 7.05 Å². The first kappa shape index (κ1) is 14.5. The van der Waals surface area contributed by atoms with Gasteiger partial charge in [-0.2, -0.15) is 0 Å². The molecule has 0 spiro atoms. The Morgan fingerprint density at radius 1 is 1.58 bits per heavy atom. The minimum atomic E-state index is -3.58. The SMILES string of the molecule is CN(CCNS(=O)(=O)c1cnc(N)c(Cl)c1)C1CC1. The number of nitrogens with one attached hydrogen (secondary N) is 1. The Labute approximate surface area is 118 Å². The number of anilines is 1. The van der Waals surface area contributed by atoms with Gasteiger partial charge in [0.25, 0.3) is 0 Å². The van der Waals surface area contributed by atoms with Crippen LogP contribution in [0.1, 0.15) is 12.8 Å². The van der Waals surface area contributed by atoms with E-state index < -0.39 is 10.0 Å². The van der Waals surface area contributed by atoms with Crippen molar-refractivity contribution >= 4 is 27.4 Å². The van der Waals surface area contributed by atoms with Crippen molar-refractivity contribution in [3.05, 3.63) is 17.3 Å². The highest BCUT2D eigenvalue weighted by molar-refractivity contribution is 7.89. The Kier molecular flexibility index (Phi) is 4.29. The third kappa shape index (κ3) is 3.79. The summed E-state index contributed by atoms with van der Waals surface area (Å²) in [5.74, 6) is 0.120. The number of nitrogens with zero attached hydrogens (tertiary/aromatic N) is 2. The smallest absolute Gasteiger partial charge is 0.242 e. The summed E-state index contributed by atoms with van der Waals surface area (Å²) in [7, 11) is -1.59. The lowest BCUT2D eigenvalue weighted by atomic mass is 10.5. The largest absolute Gasteiger partial charge is 0.382 e. The average Bonchev–Trinajstić information content (AvgIpc) is 3.16. The Bertz CT molecular complexity index is 560. The summed E-state index contributed by atoms with van der Waals surface area (Å²) in [5.41, 5.74) is 5.45. The van der Waals surface area contributed by atoms with E-state index in [9.17, 15) is 8.42 Å². The lowest BCUT2D eigenvalue weighted by Crippen LogP contribution is -2.34. The second kappa shape index (κ2) is 5.62. The molecule has 0 radical (unpaired) electrons. The van der Waals surface area contributed by atoms with E-state index in [4.69, 9.17) is 17.3 Å². The molecular formula is C11H17ClN4O2S. The average molecular weight is 305 g/mol. The molecule has 0 aromatic carbocycles. The summed E-state index contributed by atoms with van der Waals surface area (Å²) in [4.78, 5) is 5.92. The highest BCUT2D eigenvalue weighted by Crippen LogP contribution is 2.24. The number of rotatable bonds is 6. The molecule has 1 aromatic rings.